The minimum atomic E-state index is -3.31. The molecule has 0 spiro atoms. The molecule has 1 aromatic heterocycles. The van der Waals surface area contributed by atoms with Crippen LogP contribution in [0.5, 0.6) is 0 Å². The third-order valence-corrected chi connectivity index (χ3v) is 2.76. The highest BCUT2D eigenvalue weighted by Crippen LogP contribution is 2.05. The van der Waals surface area contributed by atoms with E-state index in [4.69, 9.17) is 5.73 Å². The maximum absolute atomic E-state index is 11.2. The van der Waals surface area contributed by atoms with Gasteiger partial charge in [0.25, 0.3) is 0 Å². The van der Waals surface area contributed by atoms with Gasteiger partial charge < -0.3 is 5.73 Å². The fourth-order valence-corrected chi connectivity index (χ4v) is 1.77. The van der Waals surface area contributed by atoms with Gasteiger partial charge in [-0.25, -0.2) is 8.42 Å². The molecule has 0 radical (unpaired) electrons. The summed E-state index contributed by atoms with van der Waals surface area (Å²) in [6.45, 7) is 0.104. The molecule has 0 aliphatic carbocycles. The summed E-state index contributed by atoms with van der Waals surface area (Å²) in [5.41, 5.74) is 5.14. The quantitative estimate of drug-likeness (QED) is 0.666. The van der Waals surface area contributed by atoms with Crippen molar-refractivity contribution in [2.75, 3.05) is 17.0 Å². The number of hydrogen-bond acceptors (Lipinski definition) is 4. The molecule has 1 aromatic rings. The minimum Gasteiger partial charge on any atom is -0.329 e. The fourth-order valence-electron chi connectivity index (χ4n) is 0.840. The summed E-state index contributed by atoms with van der Waals surface area (Å²) in [4.78, 5) is 0. The van der Waals surface area contributed by atoms with Crippen LogP contribution in [0.1, 0.15) is 0 Å². The molecular formula is C6H12N4O2S. The Balaban J connectivity index is 2.75. The average Bonchev–Trinajstić information content (AvgIpc) is 2.35. The number of sulfonamides is 1. The zero-order valence-corrected chi connectivity index (χ0v) is 8.08. The van der Waals surface area contributed by atoms with Crippen molar-refractivity contribution < 1.29 is 8.42 Å². The lowest BCUT2D eigenvalue weighted by atomic mass is 10.7. The van der Waals surface area contributed by atoms with Crippen molar-refractivity contribution in [1.82, 2.24) is 9.78 Å². The molecule has 3 N–H and O–H groups in total. The largest absolute Gasteiger partial charge is 0.329 e. The fraction of sp³-hybridized carbons (Fsp3) is 0.500. The number of nitrogens with two attached hydrogens (primary N) is 1. The molecule has 6 nitrogen and oxygen atoms in total. The Hall–Kier alpha value is -1.08. The Morgan fingerprint density at radius 2 is 2.38 bits per heavy atom. The van der Waals surface area contributed by atoms with E-state index >= 15 is 0 Å². The van der Waals surface area contributed by atoms with Crippen molar-refractivity contribution in [2.45, 2.75) is 0 Å². The number of aryl methyl sites for hydroxylation is 1. The zero-order chi connectivity index (χ0) is 9.90. The SMILES string of the molecule is Cn1nccc1NS(=O)(=O)CCN. The van der Waals surface area contributed by atoms with E-state index in [0.29, 0.717) is 5.82 Å². The average molecular weight is 204 g/mol. The predicted octanol–water partition coefficient (Wildman–Crippen LogP) is -0.879. The Labute approximate surface area is 76.8 Å². The predicted molar refractivity (Wildman–Crippen MR) is 49.7 cm³/mol. The van der Waals surface area contributed by atoms with E-state index in [2.05, 4.69) is 9.82 Å². The van der Waals surface area contributed by atoms with E-state index in [1.165, 1.54) is 10.9 Å². The summed E-state index contributed by atoms with van der Waals surface area (Å²) >= 11 is 0. The summed E-state index contributed by atoms with van der Waals surface area (Å²) in [7, 11) is -1.66. The van der Waals surface area contributed by atoms with E-state index < -0.39 is 10.0 Å². The smallest absolute Gasteiger partial charge is 0.235 e. The van der Waals surface area contributed by atoms with Crippen LogP contribution in [0.25, 0.3) is 0 Å². The molecule has 74 valence electrons. The van der Waals surface area contributed by atoms with Gasteiger partial charge >= 0.3 is 0 Å². The molecule has 1 heterocycles. The van der Waals surface area contributed by atoms with Gasteiger partial charge in [-0.3, -0.25) is 9.40 Å². The minimum absolute atomic E-state index is 0.0851. The molecular weight excluding hydrogens is 192 g/mol. The maximum Gasteiger partial charge on any atom is 0.235 e. The third-order valence-electron chi connectivity index (χ3n) is 1.47. The lowest BCUT2D eigenvalue weighted by molar-refractivity contribution is 0.600. The van der Waals surface area contributed by atoms with E-state index in [-0.39, 0.29) is 12.3 Å². The molecule has 0 atom stereocenters. The first-order valence-electron chi connectivity index (χ1n) is 3.74. The summed E-state index contributed by atoms with van der Waals surface area (Å²) in [6.07, 6.45) is 1.51. The first kappa shape index (κ1) is 10.0. The van der Waals surface area contributed by atoms with Gasteiger partial charge in [0.1, 0.15) is 5.82 Å². The van der Waals surface area contributed by atoms with Gasteiger partial charge in [0.05, 0.1) is 11.9 Å². The van der Waals surface area contributed by atoms with Crippen molar-refractivity contribution in [3.8, 4) is 0 Å². The van der Waals surface area contributed by atoms with Gasteiger partial charge in [-0.05, 0) is 0 Å². The maximum atomic E-state index is 11.2. The second-order valence-electron chi connectivity index (χ2n) is 2.55. The molecule has 0 unspecified atom stereocenters. The Kier molecular flexibility index (Phi) is 2.89. The van der Waals surface area contributed by atoms with Crippen LogP contribution in [0.2, 0.25) is 0 Å². The molecule has 0 amide bonds. The number of anilines is 1. The molecule has 13 heavy (non-hydrogen) atoms. The van der Waals surface area contributed by atoms with E-state index in [1.807, 2.05) is 0 Å². The molecule has 0 bridgehead atoms. The van der Waals surface area contributed by atoms with Crippen LogP contribution in [-0.2, 0) is 17.1 Å². The van der Waals surface area contributed by atoms with Crippen molar-refractivity contribution in [3.63, 3.8) is 0 Å². The van der Waals surface area contributed by atoms with Crippen molar-refractivity contribution in [1.29, 1.82) is 0 Å². The first-order valence-corrected chi connectivity index (χ1v) is 5.39. The number of nitrogens with zero attached hydrogens (tertiary/aromatic N) is 2. The highest BCUT2D eigenvalue weighted by atomic mass is 32.2. The molecule has 7 heteroatoms. The number of rotatable bonds is 4. The second kappa shape index (κ2) is 3.75. The van der Waals surface area contributed by atoms with Gasteiger partial charge in [0, 0.05) is 19.7 Å². The van der Waals surface area contributed by atoms with Crippen molar-refractivity contribution >= 4 is 15.8 Å². The summed E-state index contributed by atoms with van der Waals surface area (Å²) in [5, 5.41) is 3.82. The summed E-state index contributed by atoms with van der Waals surface area (Å²) in [5.74, 6) is 0.353. The van der Waals surface area contributed by atoms with Gasteiger partial charge in [-0.15, -0.1) is 0 Å². The van der Waals surface area contributed by atoms with E-state index in [9.17, 15) is 8.42 Å². The second-order valence-corrected chi connectivity index (χ2v) is 4.39. The number of nitrogens with one attached hydrogen (secondary N) is 1. The topological polar surface area (TPSA) is 90.0 Å². The van der Waals surface area contributed by atoms with Gasteiger partial charge in [-0.1, -0.05) is 0 Å². The molecule has 1 rings (SSSR count). The van der Waals surface area contributed by atoms with Crippen LogP contribution >= 0.6 is 0 Å². The standard InChI is InChI=1S/C6H12N4O2S/c1-10-6(2-4-8-10)9-13(11,12)5-3-7/h2,4,9H,3,5,7H2,1H3. The lowest BCUT2D eigenvalue weighted by Crippen LogP contribution is -2.23. The highest BCUT2D eigenvalue weighted by Gasteiger charge is 2.10. The normalized spacial score (nSPS) is 11.5. The molecule has 0 aromatic carbocycles. The lowest BCUT2D eigenvalue weighted by Gasteiger charge is -2.05. The molecule has 0 fully saturated rings. The van der Waals surface area contributed by atoms with Gasteiger partial charge in [-0.2, -0.15) is 5.10 Å². The van der Waals surface area contributed by atoms with Gasteiger partial charge in [0.15, 0.2) is 0 Å². The Morgan fingerprint density at radius 1 is 1.69 bits per heavy atom. The summed E-state index contributed by atoms with van der Waals surface area (Å²) in [6, 6.07) is 1.58. The number of hydrogen-bond donors (Lipinski definition) is 2. The van der Waals surface area contributed by atoms with Crippen molar-refractivity contribution in [3.05, 3.63) is 12.3 Å². The molecule has 0 aliphatic heterocycles. The third kappa shape index (κ3) is 2.71. The first-order chi connectivity index (χ1) is 6.05. The van der Waals surface area contributed by atoms with Crippen LogP contribution in [0.15, 0.2) is 12.3 Å². The van der Waals surface area contributed by atoms with E-state index in [0.717, 1.165) is 0 Å². The van der Waals surface area contributed by atoms with Crippen LogP contribution in [0.4, 0.5) is 5.82 Å². The van der Waals surface area contributed by atoms with Crippen LogP contribution in [-0.4, -0.2) is 30.5 Å². The monoisotopic (exact) mass is 204 g/mol. The zero-order valence-electron chi connectivity index (χ0n) is 7.27. The molecule has 0 aliphatic rings. The number of aromatic nitrogens is 2. The van der Waals surface area contributed by atoms with Gasteiger partial charge in [0.2, 0.25) is 10.0 Å². The van der Waals surface area contributed by atoms with Crippen LogP contribution < -0.4 is 10.5 Å². The van der Waals surface area contributed by atoms with Crippen LogP contribution in [0.3, 0.4) is 0 Å². The Bertz CT molecular complexity index is 370. The van der Waals surface area contributed by atoms with Crippen LogP contribution in [0, 0.1) is 0 Å². The van der Waals surface area contributed by atoms with Crippen molar-refractivity contribution in [2.24, 2.45) is 12.8 Å². The summed E-state index contributed by atoms with van der Waals surface area (Å²) < 4.78 is 26.2. The highest BCUT2D eigenvalue weighted by molar-refractivity contribution is 7.92. The molecule has 0 saturated heterocycles. The van der Waals surface area contributed by atoms with E-state index in [1.54, 1.807) is 13.1 Å². The Morgan fingerprint density at radius 3 is 2.85 bits per heavy atom. The molecule has 0 saturated carbocycles.